The molecule has 1 fully saturated rings. The van der Waals surface area contributed by atoms with E-state index < -0.39 is 0 Å². The van der Waals surface area contributed by atoms with Crippen LogP contribution in [0.25, 0.3) is 10.9 Å². The number of H-pyrrole nitrogens is 1. The monoisotopic (exact) mass is 408 g/mol. The van der Waals surface area contributed by atoms with Gasteiger partial charge < -0.3 is 20.4 Å². The Morgan fingerprint density at radius 2 is 1.93 bits per heavy atom. The lowest BCUT2D eigenvalue weighted by molar-refractivity contribution is 0.0514. The number of ether oxygens (including phenoxy) is 1. The SMILES string of the molecule is CN=C(NCCc1c[nH]c2cc(F)ccc12)NCC1(c2ccccc2)CCOCC1. The molecular weight excluding hydrogens is 379 g/mol. The molecule has 0 amide bonds. The molecule has 0 saturated carbocycles. The highest BCUT2D eigenvalue weighted by molar-refractivity contribution is 5.83. The first-order chi connectivity index (χ1) is 14.7. The highest BCUT2D eigenvalue weighted by Crippen LogP contribution is 2.34. The van der Waals surface area contributed by atoms with Gasteiger partial charge in [-0.1, -0.05) is 30.3 Å². The van der Waals surface area contributed by atoms with Gasteiger partial charge in [0.05, 0.1) is 0 Å². The third-order valence-electron chi connectivity index (χ3n) is 6.07. The summed E-state index contributed by atoms with van der Waals surface area (Å²) in [5, 5.41) is 8.00. The van der Waals surface area contributed by atoms with E-state index in [9.17, 15) is 4.39 Å². The molecule has 3 aromatic rings. The second kappa shape index (κ2) is 9.30. The molecule has 0 aliphatic carbocycles. The third kappa shape index (κ3) is 4.49. The third-order valence-corrected chi connectivity index (χ3v) is 6.07. The summed E-state index contributed by atoms with van der Waals surface area (Å²) in [6.07, 6.45) is 4.76. The van der Waals surface area contributed by atoms with E-state index in [-0.39, 0.29) is 11.2 Å². The van der Waals surface area contributed by atoms with Crippen molar-refractivity contribution in [2.24, 2.45) is 4.99 Å². The Morgan fingerprint density at radius 1 is 1.13 bits per heavy atom. The second-order valence-corrected chi connectivity index (χ2v) is 7.87. The number of aromatic nitrogens is 1. The quantitative estimate of drug-likeness (QED) is 0.430. The van der Waals surface area contributed by atoms with Gasteiger partial charge in [0.25, 0.3) is 0 Å². The highest BCUT2D eigenvalue weighted by atomic mass is 19.1. The van der Waals surface area contributed by atoms with Crippen LogP contribution >= 0.6 is 0 Å². The fourth-order valence-corrected chi connectivity index (χ4v) is 4.28. The number of nitrogens with one attached hydrogen (secondary N) is 3. The number of nitrogens with zero attached hydrogens (tertiary/aromatic N) is 1. The van der Waals surface area contributed by atoms with E-state index in [1.54, 1.807) is 7.05 Å². The molecule has 0 unspecified atom stereocenters. The molecule has 2 aromatic carbocycles. The van der Waals surface area contributed by atoms with Crippen LogP contribution in [-0.4, -0.2) is 44.3 Å². The molecule has 5 nitrogen and oxygen atoms in total. The number of aliphatic imine (C=N–C) groups is 1. The summed E-state index contributed by atoms with van der Waals surface area (Å²) in [5.74, 6) is 0.571. The van der Waals surface area contributed by atoms with Crippen LogP contribution in [0.4, 0.5) is 4.39 Å². The number of hydrogen-bond donors (Lipinski definition) is 3. The number of guanidine groups is 1. The first-order valence-electron chi connectivity index (χ1n) is 10.5. The van der Waals surface area contributed by atoms with Crippen LogP contribution in [-0.2, 0) is 16.6 Å². The summed E-state index contributed by atoms with van der Waals surface area (Å²) in [5.41, 5.74) is 3.40. The highest BCUT2D eigenvalue weighted by Gasteiger charge is 2.34. The van der Waals surface area contributed by atoms with Crippen molar-refractivity contribution >= 4 is 16.9 Å². The summed E-state index contributed by atoms with van der Waals surface area (Å²) in [6, 6.07) is 15.6. The number of halogens is 1. The number of hydrogen-bond acceptors (Lipinski definition) is 2. The molecule has 0 radical (unpaired) electrons. The topological polar surface area (TPSA) is 61.4 Å². The Hall–Kier alpha value is -2.86. The standard InChI is InChI=1S/C24H29FN4O/c1-26-23(27-12-9-18-16-28-22-15-20(25)7-8-21(18)22)29-17-24(10-13-30-14-11-24)19-5-3-2-4-6-19/h2-8,15-16,28H,9-14,17H2,1H3,(H2,26,27,29). The fraction of sp³-hybridized carbons (Fsp3) is 0.375. The smallest absolute Gasteiger partial charge is 0.191 e. The van der Waals surface area contributed by atoms with Crippen LogP contribution in [0.3, 0.4) is 0 Å². The summed E-state index contributed by atoms with van der Waals surface area (Å²) in [6.45, 7) is 3.12. The van der Waals surface area contributed by atoms with Gasteiger partial charge in [-0.25, -0.2) is 4.39 Å². The second-order valence-electron chi connectivity index (χ2n) is 7.87. The van der Waals surface area contributed by atoms with Crippen LogP contribution in [0.2, 0.25) is 0 Å². The zero-order valence-corrected chi connectivity index (χ0v) is 17.4. The first kappa shape index (κ1) is 20.4. The molecule has 0 atom stereocenters. The van der Waals surface area contributed by atoms with E-state index in [4.69, 9.17) is 4.74 Å². The molecule has 1 aliphatic rings. The minimum absolute atomic E-state index is 0.0536. The molecule has 30 heavy (non-hydrogen) atoms. The molecule has 1 aliphatic heterocycles. The molecule has 0 bridgehead atoms. The summed E-state index contributed by atoms with van der Waals surface area (Å²) in [4.78, 5) is 7.54. The van der Waals surface area contributed by atoms with Gasteiger partial charge in [-0.2, -0.15) is 0 Å². The Balaban J connectivity index is 1.36. The molecule has 1 aromatic heterocycles. The molecule has 2 heterocycles. The van der Waals surface area contributed by atoms with E-state index in [0.29, 0.717) is 0 Å². The zero-order valence-electron chi connectivity index (χ0n) is 17.4. The average Bonchev–Trinajstić information content (AvgIpc) is 3.19. The predicted octanol–water partition coefficient (Wildman–Crippen LogP) is 3.76. The predicted molar refractivity (Wildman–Crippen MR) is 119 cm³/mol. The Bertz CT molecular complexity index is 993. The van der Waals surface area contributed by atoms with Crippen LogP contribution in [0, 0.1) is 5.82 Å². The van der Waals surface area contributed by atoms with E-state index in [1.165, 1.54) is 17.7 Å². The van der Waals surface area contributed by atoms with Crippen molar-refractivity contribution in [2.75, 3.05) is 33.4 Å². The van der Waals surface area contributed by atoms with Crippen molar-refractivity contribution < 1.29 is 9.13 Å². The number of aromatic amines is 1. The summed E-state index contributed by atoms with van der Waals surface area (Å²) >= 11 is 0. The fourth-order valence-electron chi connectivity index (χ4n) is 4.28. The van der Waals surface area contributed by atoms with Gasteiger partial charge >= 0.3 is 0 Å². The molecule has 6 heteroatoms. The Morgan fingerprint density at radius 3 is 2.70 bits per heavy atom. The van der Waals surface area contributed by atoms with E-state index in [1.807, 2.05) is 12.3 Å². The molecule has 0 spiro atoms. The molecule has 158 valence electrons. The average molecular weight is 409 g/mol. The van der Waals surface area contributed by atoms with Gasteiger partial charge in [0.2, 0.25) is 0 Å². The molecule has 1 saturated heterocycles. The van der Waals surface area contributed by atoms with Crippen molar-refractivity contribution in [1.82, 2.24) is 15.6 Å². The molecule has 3 N–H and O–H groups in total. The zero-order chi connectivity index (χ0) is 20.8. The Labute approximate surface area is 176 Å². The maximum Gasteiger partial charge on any atom is 0.191 e. The normalized spacial score (nSPS) is 16.5. The lowest BCUT2D eigenvalue weighted by atomic mass is 9.74. The van der Waals surface area contributed by atoms with Gasteiger partial charge in [0, 0.05) is 55.9 Å². The van der Waals surface area contributed by atoms with E-state index in [2.05, 4.69) is 50.9 Å². The van der Waals surface area contributed by atoms with E-state index >= 15 is 0 Å². The lowest BCUT2D eigenvalue weighted by Crippen LogP contribution is -2.48. The van der Waals surface area contributed by atoms with Crippen LogP contribution in [0.15, 0.2) is 59.7 Å². The van der Waals surface area contributed by atoms with Crippen molar-refractivity contribution in [3.63, 3.8) is 0 Å². The molecular formula is C24H29FN4O. The Kier molecular flexibility index (Phi) is 6.33. The van der Waals surface area contributed by atoms with Crippen molar-refractivity contribution in [3.05, 3.63) is 71.7 Å². The van der Waals surface area contributed by atoms with Crippen LogP contribution in [0.5, 0.6) is 0 Å². The van der Waals surface area contributed by atoms with Crippen molar-refractivity contribution in [2.45, 2.75) is 24.7 Å². The largest absolute Gasteiger partial charge is 0.381 e. The maximum absolute atomic E-state index is 13.4. The summed E-state index contributed by atoms with van der Waals surface area (Å²) in [7, 11) is 1.79. The first-order valence-corrected chi connectivity index (χ1v) is 10.5. The van der Waals surface area contributed by atoms with Gasteiger partial charge in [-0.05, 0) is 48.6 Å². The lowest BCUT2D eigenvalue weighted by Gasteiger charge is -2.38. The van der Waals surface area contributed by atoms with Crippen LogP contribution in [0.1, 0.15) is 24.0 Å². The number of rotatable bonds is 6. The number of benzene rings is 2. The number of fused-ring (bicyclic) bond motifs is 1. The van der Waals surface area contributed by atoms with Crippen molar-refractivity contribution in [3.8, 4) is 0 Å². The summed E-state index contributed by atoms with van der Waals surface area (Å²) < 4.78 is 19.0. The minimum atomic E-state index is -0.223. The molecule has 4 rings (SSSR count). The van der Waals surface area contributed by atoms with Gasteiger partial charge in [-0.3, -0.25) is 4.99 Å². The maximum atomic E-state index is 13.4. The van der Waals surface area contributed by atoms with Gasteiger partial charge in [-0.15, -0.1) is 0 Å². The van der Waals surface area contributed by atoms with Crippen molar-refractivity contribution in [1.29, 1.82) is 0 Å². The van der Waals surface area contributed by atoms with E-state index in [0.717, 1.165) is 68.0 Å². The van der Waals surface area contributed by atoms with Crippen LogP contribution < -0.4 is 10.6 Å². The van der Waals surface area contributed by atoms with Gasteiger partial charge in [0.15, 0.2) is 5.96 Å². The minimum Gasteiger partial charge on any atom is -0.381 e. The van der Waals surface area contributed by atoms with Gasteiger partial charge in [0.1, 0.15) is 5.82 Å².